The fourth-order valence-corrected chi connectivity index (χ4v) is 13.2. The molecule has 0 saturated carbocycles. The number of nitrogens with one attached hydrogen (secondary N) is 1. The Bertz CT molecular complexity index is 3620. The van der Waals surface area contributed by atoms with Gasteiger partial charge < -0.3 is 67.5 Å². The van der Waals surface area contributed by atoms with E-state index in [1.165, 1.54) is 34.3 Å². The predicted octanol–water partition coefficient (Wildman–Crippen LogP) is 9.81. The zero-order chi connectivity index (χ0) is 76.8. The van der Waals surface area contributed by atoms with Gasteiger partial charge >= 0.3 is 0 Å². The van der Waals surface area contributed by atoms with Gasteiger partial charge in [0.1, 0.15) is 32.7 Å². The zero-order valence-corrected chi connectivity index (χ0v) is 63.4. The van der Waals surface area contributed by atoms with Crippen LogP contribution in [0.15, 0.2) is 182 Å². The molecule has 0 radical (unpaired) electrons. The maximum absolute atomic E-state index is 15.8. The molecule has 0 aliphatic rings. The number of nitrogens with zero attached hydrogens (tertiary/aromatic N) is 8. The van der Waals surface area contributed by atoms with Crippen molar-refractivity contribution in [1.82, 2.24) is 44.5 Å². The monoisotopic (exact) mass is 1450 g/mol. The molecule has 22 nitrogen and oxygen atoms in total. The number of hydrogen-bond acceptors (Lipinski definition) is 13. The summed E-state index contributed by atoms with van der Waals surface area (Å²) in [7, 11) is 0. The van der Waals surface area contributed by atoms with E-state index in [2.05, 4.69) is 5.32 Å². The first-order valence-electron chi connectivity index (χ1n) is 37.9. The van der Waals surface area contributed by atoms with Crippen molar-refractivity contribution in [1.29, 1.82) is 0 Å². The van der Waals surface area contributed by atoms with Crippen molar-refractivity contribution in [2.24, 2.45) is 22.9 Å². The van der Waals surface area contributed by atoms with Gasteiger partial charge in [-0.2, -0.15) is 0 Å². The fraction of sp³-hybridized carbons (Fsp3) is 0.464. The van der Waals surface area contributed by atoms with Gasteiger partial charge in [0.2, 0.25) is 53.2 Å². The highest BCUT2D eigenvalue weighted by atomic mass is 16.2. The quantitative estimate of drug-likeness (QED) is 0.0223. The molecule has 0 spiro atoms. The summed E-state index contributed by atoms with van der Waals surface area (Å²) in [6.45, 7) is 9.52. The molecule has 6 rings (SSSR count). The summed E-state index contributed by atoms with van der Waals surface area (Å²) in [4.78, 5) is 147. The first kappa shape index (κ1) is 85.3. The maximum atomic E-state index is 15.8. The highest BCUT2D eigenvalue weighted by Crippen LogP contribution is 2.29. The Morgan fingerprint density at radius 3 is 0.745 bits per heavy atom. The second-order valence-corrected chi connectivity index (χ2v) is 27.5. The van der Waals surface area contributed by atoms with Gasteiger partial charge in [0.15, 0.2) is 0 Å². The van der Waals surface area contributed by atoms with E-state index in [4.69, 9.17) is 22.9 Å². The van der Waals surface area contributed by atoms with E-state index in [1.54, 1.807) is 32.6 Å². The summed E-state index contributed by atoms with van der Waals surface area (Å²) in [5.41, 5.74) is 27.8. The van der Waals surface area contributed by atoms with Gasteiger partial charge in [-0.3, -0.25) is 43.2 Å². The molecule has 0 fully saturated rings. The smallest absolute Gasteiger partial charge is 0.243 e. The Morgan fingerprint density at radius 2 is 0.491 bits per heavy atom. The molecule has 9 N–H and O–H groups in total. The van der Waals surface area contributed by atoms with Crippen LogP contribution in [0.3, 0.4) is 0 Å². The van der Waals surface area contributed by atoms with Crippen LogP contribution in [0.5, 0.6) is 0 Å². The predicted molar refractivity (Wildman–Crippen MR) is 417 cm³/mol. The van der Waals surface area contributed by atoms with Crippen molar-refractivity contribution in [3.05, 3.63) is 215 Å². The van der Waals surface area contributed by atoms with Crippen LogP contribution >= 0.6 is 0 Å². The Labute approximate surface area is 629 Å². The number of carbonyl (C=O) groups is 9. The maximum Gasteiger partial charge on any atom is 0.243 e. The zero-order valence-electron chi connectivity index (χ0n) is 63.4. The average Bonchev–Trinajstić information content (AvgIpc) is 0.828. The molecule has 9 amide bonds. The summed E-state index contributed by atoms with van der Waals surface area (Å²) in [5, 5.41) is 3.29. The van der Waals surface area contributed by atoms with Gasteiger partial charge in [-0.15, -0.1) is 0 Å². The third kappa shape index (κ3) is 27.4. The van der Waals surface area contributed by atoms with E-state index < -0.39 is 129 Å². The van der Waals surface area contributed by atoms with Crippen LogP contribution in [0.25, 0.3) is 0 Å². The Balaban J connectivity index is 1.36. The number of amides is 9. The standard InChI is InChI=1S/C84H117N13O9/c1-64(70-37-19-13-20-38-70)92(56-76(88)98)82(104)62-96(68(5)74-45-27-17-28-46-74)80(102)57-90(53-35-11-8-32-50-86)79(101)60-95(67(4)73-43-25-16-26-44-73)84(106)63-97(69(6)75-47-29-18-30-48-75)81(103)58-91(54-36-12-9-33-51-87)78(100)59-94(66(3)72-41-23-15-24-42-72)83(105)61-93(65(2)71-39-21-14-22-40-71)77(99)55-89-52-34-10-7-31-49-85/h13-30,37-48,64-69,89H,7-12,31-36,49-63,85-87H2,1-6H3,(H2,88,98)/t64-,65-,66-,67-,68-,69-/m0/s1. The van der Waals surface area contributed by atoms with E-state index in [-0.39, 0.29) is 32.1 Å². The van der Waals surface area contributed by atoms with Gasteiger partial charge in [-0.05, 0) is 140 Å². The third-order valence-electron chi connectivity index (χ3n) is 20.0. The average molecular weight is 1450 g/mol. The Hall–Kier alpha value is -9.61. The molecule has 0 aromatic heterocycles. The highest BCUT2D eigenvalue weighted by molar-refractivity contribution is 5.94. The van der Waals surface area contributed by atoms with Crippen molar-refractivity contribution in [2.75, 3.05) is 98.2 Å². The molecule has 106 heavy (non-hydrogen) atoms. The molecule has 0 aliphatic heterocycles. The number of unbranched alkanes of at least 4 members (excludes halogenated alkanes) is 9. The van der Waals surface area contributed by atoms with Crippen molar-refractivity contribution < 1.29 is 43.2 Å². The number of benzene rings is 6. The van der Waals surface area contributed by atoms with Crippen LogP contribution < -0.4 is 28.3 Å². The number of rotatable bonds is 48. The first-order valence-corrected chi connectivity index (χ1v) is 37.9. The lowest BCUT2D eigenvalue weighted by atomic mass is 10.0. The summed E-state index contributed by atoms with van der Waals surface area (Å²) in [5.74, 6) is -4.88. The van der Waals surface area contributed by atoms with Crippen LogP contribution in [0.1, 0.15) is 188 Å². The lowest BCUT2D eigenvalue weighted by Crippen LogP contribution is -2.53. The summed E-state index contributed by atoms with van der Waals surface area (Å²) < 4.78 is 0. The van der Waals surface area contributed by atoms with Gasteiger partial charge in [0.25, 0.3) is 0 Å². The molecular formula is C84H117N13O9. The van der Waals surface area contributed by atoms with Crippen LogP contribution in [0.2, 0.25) is 0 Å². The van der Waals surface area contributed by atoms with Gasteiger partial charge in [-0.1, -0.05) is 221 Å². The lowest BCUT2D eigenvalue weighted by Gasteiger charge is -2.37. The highest BCUT2D eigenvalue weighted by Gasteiger charge is 2.37. The summed E-state index contributed by atoms with van der Waals surface area (Å²) in [6, 6.07) is 51.5. The van der Waals surface area contributed by atoms with Crippen LogP contribution in [0, 0.1) is 0 Å². The lowest BCUT2D eigenvalue weighted by molar-refractivity contribution is -0.151. The van der Waals surface area contributed by atoms with Crippen LogP contribution in [-0.4, -0.2) is 191 Å². The fourth-order valence-electron chi connectivity index (χ4n) is 13.2. The number of primary amides is 1. The summed E-state index contributed by atoms with van der Waals surface area (Å²) >= 11 is 0. The molecule has 0 unspecified atom stereocenters. The minimum atomic E-state index is -0.768. The number of hydrogen-bond donors (Lipinski definition) is 5. The van der Waals surface area contributed by atoms with Gasteiger partial charge in [-0.25, -0.2) is 0 Å². The summed E-state index contributed by atoms with van der Waals surface area (Å²) in [6.07, 6.45) is 9.06. The second kappa shape index (κ2) is 46.4. The van der Waals surface area contributed by atoms with E-state index in [0.29, 0.717) is 68.6 Å². The van der Waals surface area contributed by atoms with E-state index in [9.17, 15) is 14.4 Å². The second-order valence-electron chi connectivity index (χ2n) is 27.5. The molecule has 572 valence electrons. The Kier molecular flexibility index (Phi) is 37.3. The minimum Gasteiger partial charge on any atom is -0.368 e. The normalized spacial score (nSPS) is 12.8. The number of nitrogens with two attached hydrogens (primary N) is 4. The van der Waals surface area contributed by atoms with Gasteiger partial charge in [0, 0.05) is 13.1 Å². The topological polar surface area (TPSA) is 296 Å². The van der Waals surface area contributed by atoms with E-state index in [0.717, 1.165) is 68.1 Å². The SMILES string of the molecule is C[C@@H](c1ccccc1)N(CC(N)=O)C(=O)CN(C(=O)CN(CCCCCCN)C(=O)CN(C(=O)CN(C(=O)CN(CCCCCCN)C(=O)CN(C(=O)CN(C(=O)CNCCCCCCN)[C@@H](C)c1ccccc1)[C@@H](C)c1ccccc1)[C@@H](C)c1ccccc1)[C@@H](C)c1ccccc1)[C@@H](C)c1ccccc1. The molecule has 0 saturated heterocycles. The van der Waals surface area contributed by atoms with Crippen molar-refractivity contribution in [3.63, 3.8) is 0 Å². The third-order valence-corrected chi connectivity index (χ3v) is 20.0. The largest absolute Gasteiger partial charge is 0.368 e. The Morgan fingerprint density at radius 1 is 0.274 bits per heavy atom. The van der Waals surface area contributed by atoms with E-state index in [1.807, 2.05) is 196 Å². The van der Waals surface area contributed by atoms with Crippen molar-refractivity contribution in [3.8, 4) is 0 Å². The molecule has 0 aliphatic carbocycles. The number of carbonyl (C=O) groups excluding carboxylic acids is 9. The first-order chi connectivity index (χ1) is 51.2. The molecule has 6 aromatic rings. The minimum absolute atomic E-state index is 0.0146. The molecular weight excluding hydrogens is 1340 g/mol. The van der Waals surface area contributed by atoms with Crippen LogP contribution in [0.4, 0.5) is 0 Å². The molecule has 0 bridgehead atoms. The van der Waals surface area contributed by atoms with E-state index >= 15 is 28.8 Å². The van der Waals surface area contributed by atoms with Crippen molar-refractivity contribution >= 4 is 53.2 Å². The molecule has 6 atom stereocenters. The molecule has 6 aromatic carbocycles. The molecule has 22 heteroatoms. The van der Waals surface area contributed by atoms with Crippen LogP contribution in [-0.2, 0) is 43.2 Å². The molecule has 0 heterocycles. The van der Waals surface area contributed by atoms with Crippen molar-refractivity contribution in [2.45, 2.75) is 155 Å². The van der Waals surface area contributed by atoms with Gasteiger partial charge in [0.05, 0.1) is 62.4 Å².